The molecule has 15 rings (SSSR count). The Morgan fingerprint density at radius 2 is 0.648 bits per heavy atom. The summed E-state index contributed by atoms with van der Waals surface area (Å²) in [4.78, 5) is 145. The Kier molecular flexibility index (Phi) is 30.7. The molecule has 3 saturated carbocycles. The minimum atomic E-state index is -1.06. The first kappa shape index (κ1) is 92.2. The van der Waals surface area contributed by atoms with E-state index in [4.69, 9.17) is 30.4 Å². The Balaban J connectivity index is 0.000000171. The molecule has 9 aromatic carbocycles. The fourth-order valence-corrected chi connectivity index (χ4v) is 17.0. The number of nitrogens with one attached hydrogen (secondary N) is 1. The number of rotatable bonds is 28. The van der Waals surface area contributed by atoms with Crippen molar-refractivity contribution in [3.8, 4) is 0 Å². The average Bonchev–Trinajstić information content (AvgIpc) is 1.77. The molecule has 125 heavy (non-hydrogen) atoms. The van der Waals surface area contributed by atoms with Crippen molar-refractivity contribution in [3.05, 3.63) is 251 Å². The van der Waals surface area contributed by atoms with E-state index in [-0.39, 0.29) is 119 Å². The molecule has 5 N–H and O–H groups in total. The third-order valence-corrected chi connectivity index (χ3v) is 24.2. The standard InChI is InChI=1S/C36H42FN3O6.2C31H34FN3O4.CH4/c1-36(2,3)46-35(44)38-29(20-23-12-15-28(37)16-13-23)32(41)39-17-18-40(33(42)30(39)21-24-9-10-24)31(34(43)45-4)22-25-11-14-26-7-5-6-8-27(26)19-25;2*1-39-31(38)28(19-22-8-11-23-4-2-3-5-24(23)16-22)35-15-14-34(27(30(35)37)18-21-6-7-21)29(36)26(33)17-20-9-12-25(32)13-10-20;/h5-8,11-16,19,24,29-31H,9-10,17-18,20-22H2,1-4H3,(H,38,44);2*2-5,8-13,16,21,26-28H,6-7,14-15,17-19,33H2,1H3;1H4/t29-,30+,31+;2*26-,27+,28+;/m111./s1. The van der Waals surface area contributed by atoms with E-state index in [1.165, 1.54) is 62.6 Å². The summed E-state index contributed by atoms with van der Waals surface area (Å²) in [5, 5.41) is 9.11. The largest absolute Gasteiger partial charge is 0.467 e. The van der Waals surface area contributed by atoms with E-state index in [0.29, 0.717) is 49.5 Å². The Hall–Kier alpha value is -12.0. The van der Waals surface area contributed by atoms with Crippen molar-refractivity contribution >= 4 is 91.8 Å². The van der Waals surface area contributed by atoms with Crippen LogP contribution in [0.3, 0.4) is 0 Å². The molecule has 0 unspecified atom stereocenters. The number of halogens is 3. The van der Waals surface area contributed by atoms with Gasteiger partial charge in [-0.05, 0) is 173 Å². The van der Waals surface area contributed by atoms with Crippen LogP contribution in [0.1, 0.15) is 119 Å². The van der Waals surface area contributed by atoms with E-state index in [0.717, 1.165) is 98.7 Å². The van der Waals surface area contributed by atoms with Crippen molar-refractivity contribution in [3.63, 3.8) is 0 Å². The molecule has 3 aliphatic carbocycles. The summed E-state index contributed by atoms with van der Waals surface area (Å²) in [6.45, 7) is 6.45. The van der Waals surface area contributed by atoms with Gasteiger partial charge in [0.1, 0.15) is 65.3 Å². The first-order chi connectivity index (χ1) is 59.6. The first-order valence-electron chi connectivity index (χ1n) is 42.8. The number of carbonyl (C=O) groups is 10. The Morgan fingerprint density at radius 1 is 0.376 bits per heavy atom. The third-order valence-electron chi connectivity index (χ3n) is 24.2. The van der Waals surface area contributed by atoms with E-state index in [1.807, 2.05) is 127 Å². The molecule has 0 aromatic heterocycles. The van der Waals surface area contributed by atoms with E-state index < -0.39 is 95.7 Å². The van der Waals surface area contributed by atoms with Crippen molar-refractivity contribution in [2.24, 2.45) is 29.2 Å². The zero-order chi connectivity index (χ0) is 88.0. The summed E-state index contributed by atoms with van der Waals surface area (Å²) in [6, 6.07) is 52.0. The van der Waals surface area contributed by atoms with Crippen molar-refractivity contribution in [2.75, 3.05) is 60.6 Å². The maximum atomic E-state index is 14.3. The van der Waals surface area contributed by atoms with E-state index in [9.17, 15) is 61.1 Å². The molecule has 6 aliphatic rings. The molecule has 26 heteroatoms. The molecule has 9 aromatic rings. The smallest absolute Gasteiger partial charge is 0.408 e. The van der Waals surface area contributed by atoms with E-state index >= 15 is 0 Å². The number of amides is 7. The monoisotopic (exact) mass is 1710 g/mol. The van der Waals surface area contributed by atoms with Gasteiger partial charge < -0.3 is 65.1 Å². The summed E-state index contributed by atoms with van der Waals surface area (Å²) >= 11 is 0. The maximum absolute atomic E-state index is 14.3. The number of nitrogens with zero attached hydrogens (tertiary/aromatic N) is 6. The van der Waals surface area contributed by atoms with Crippen LogP contribution in [0.2, 0.25) is 0 Å². The zero-order valence-electron chi connectivity index (χ0n) is 71.0. The molecule has 0 spiro atoms. The van der Waals surface area contributed by atoms with Gasteiger partial charge in [-0.15, -0.1) is 0 Å². The van der Waals surface area contributed by atoms with Crippen LogP contribution in [-0.4, -0.2) is 209 Å². The van der Waals surface area contributed by atoms with Gasteiger partial charge >= 0.3 is 24.0 Å². The number of hydrogen-bond acceptors (Lipinski definition) is 16. The van der Waals surface area contributed by atoms with Crippen LogP contribution in [0, 0.1) is 35.2 Å². The van der Waals surface area contributed by atoms with Gasteiger partial charge in [-0.1, -0.05) is 210 Å². The highest BCUT2D eigenvalue weighted by Gasteiger charge is 2.50. The summed E-state index contributed by atoms with van der Waals surface area (Å²) in [7, 11) is 3.97. The lowest BCUT2D eigenvalue weighted by molar-refractivity contribution is -0.162. The Bertz CT molecular complexity index is 5120. The summed E-state index contributed by atoms with van der Waals surface area (Å²) in [5.41, 5.74) is 16.7. The van der Waals surface area contributed by atoms with Gasteiger partial charge in [-0.25, -0.2) is 32.3 Å². The molecule has 3 heterocycles. The summed E-state index contributed by atoms with van der Waals surface area (Å²) in [5.74, 6) is -3.41. The highest BCUT2D eigenvalue weighted by Crippen LogP contribution is 2.40. The molecule has 0 bridgehead atoms. The lowest BCUT2D eigenvalue weighted by Crippen LogP contribution is -2.65. The number of ether oxygens (including phenoxy) is 4. The molecule has 9 atom stereocenters. The minimum Gasteiger partial charge on any atom is -0.467 e. The quantitative estimate of drug-likeness (QED) is 0.0303. The maximum Gasteiger partial charge on any atom is 0.408 e. The highest BCUT2D eigenvalue weighted by molar-refractivity contribution is 5.97. The zero-order valence-corrected chi connectivity index (χ0v) is 71.0. The normalized spacial score (nSPS) is 18.6. The molecule has 6 fully saturated rings. The van der Waals surface area contributed by atoms with Gasteiger partial charge in [-0.2, -0.15) is 0 Å². The molecule has 3 saturated heterocycles. The van der Waals surface area contributed by atoms with E-state index in [1.54, 1.807) is 81.7 Å². The number of carbonyl (C=O) groups excluding carboxylic acids is 10. The van der Waals surface area contributed by atoms with Gasteiger partial charge in [0.2, 0.25) is 35.4 Å². The average molecular weight is 1710 g/mol. The summed E-state index contributed by atoms with van der Waals surface area (Å²) in [6.07, 6.45) is 8.25. The number of fused-ring (bicyclic) bond motifs is 3. The van der Waals surface area contributed by atoms with Crippen LogP contribution in [0.4, 0.5) is 18.0 Å². The van der Waals surface area contributed by atoms with Crippen LogP contribution in [0.25, 0.3) is 32.3 Å². The number of esters is 3. The SMILES string of the molecule is C.COC(=O)[C@H](Cc1ccc2ccccc2c1)N1CCN(C(=O)[C@@H](Cc2ccc(F)cc2)NC(=O)OC(C)(C)C)[C@@H](CC2CC2)C1=O.COC(=O)[C@H](Cc1ccc2ccccc2c1)N1CCN(C(=O)[C@H](N)Cc2ccc(F)cc2)[C@@H](CC2CC2)C1=O.COC(=O)[C@H](Cc1ccc2ccccc2c1)N1CCN(C(=O)[C@H](N)Cc2ccc(F)cc2)[C@@H](CC2CC2)C1=O. The van der Waals surface area contributed by atoms with Gasteiger partial charge in [0.25, 0.3) is 0 Å². The minimum absolute atomic E-state index is 0. The fraction of sp³-hybridized carbons (Fsp3) is 0.414. The molecule has 7 amide bonds. The topological polar surface area (TPSA) is 291 Å². The Labute approximate surface area is 728 Å². The number of hydrogen-bond donors (Lipinski definition) is 3. The fourth-order valence-electron chi connectivity index (χ4n) is 17.0. The van der Waals surface area contributed by atoms with Crippen LogP contribution >= 0.6 is 0 Å². The van der Waals surface area contributed by atoms with Crippen LogP contribution in [-0.2, 0) is 101 Å². The number of nitrogens with two attached hydrogens (primary N) is 2. The molecule has 660 valence electrons. The molecule has 23 nitrogen and oxygen atoms in total. The van der Waals surface area contributed by atoms with Crippen molar-refractivity contribution < 1.29 is 80.1 Å². The number of methoxy groups -OCH3 is 3. The lowest BCUT2D eigenvalue weighted by Gasteiger charge is -2.44. The van der Waals surface area contributed by atoms with Crippen LogP contribution < -0.4 is 16.8 Å². The molecule has 3 aliphatic heterocycles. The van der Waals surface area contributed by atoms with Gasteiger partial charge in [0.05, 0.1) is 33.4 Å². The van der Waals surface area contributed by atoms with E-state index in [2.05, 4.69) is 5.32 Å². The first-order valence-corrected chi connectivity index (χ1v) is 42.8. The van der Waals surface area contributed by atoms with Crippen molar-refractivity contribution in [1.82, 2.24) is 34.7 Å². The van der Waals surface area contributed by atoms with Gasteiger partial charge in [-0.3, -0.25) is 28.8 Å². The van der Waals surface area contributed by atoms with Gasteiger partial charge in [0.15, 0.2) is 0 Å². The van der Waals surface area contributed by atoms with Crippen LogP contribution in [0.15, 0.2) is 200 Å². The van der Waals surface area contributed by atoms with Gasteiger partial charge in [0, 0.05) is 65.0 Å². The molecular weight excluding hydrogens is 1600 g/mol. The van der Waals surface area contributed by atoms with Crippen molar-refractivity contribution in [2.45, 2.75) is 184 Å². The number of piperazine rings is 3. The molecule has 0 radical (unpaired) electrons. The second-order valence-corrected chi connectivity index (χ2v) is 34.5. The van der Waals surface area contributed by atoms with Crippen molar-refractivity contribution in [1.29, 1.82) is 0 Å². The predicted molar refractivity (Wildman–Crippen MR) is 470 cm³/mol. The third kappa shape index (κ3) is 24.1. The Morgan fingerprint density at radius 3 is 0.928 bits per heavy atom. The second kappa shape index (κ2) is 41.6. The van der Waals surface area contributed by atoms with Crippen LogP contribution in [0.5, 0.6) is 0 Å². The second-order valence-electron chi connectivity index (χ2n) is 34.5. The lowest BCUT2D eigenvalue weighted by atomic mass is 9.96. The number of alkyl carbamates (subject to hydrolysis) is 1. The highest BCUT2D eigenvalue weighted by atomic mass is 19.1. The molecular formula is C99H114F3N9O14. The predicted octanol–water partition coefficient (Wildman–Crippen LogP) is 12.6. The number of benzene rings is 9. The summed E-state index contributed by atoms with van der Waals surface area (Å²) < 4.78 is 61.1.